The van der Waals surface area contributed by atoms with Crippen LogP contribution in [-0.4, -0.2) is 23.4 Å². The normalized spacial score (nSPS) is 10.8. The zero-order valence-electron chi connectivity index (χ0n) is 15.3. The third kappa shape index (κ3) is 6.33. The van der Waals surface area contributed by atoms with Crippen LogP contribution in [0.4, 0.5) is 13.9 Å². The van der Waals surface area contributed by atoms with Crippen LogP contribution in [0.1, 0.15) is 17.4 Å². The van der Waals surface area contributed by atoms with Gasteiger partial charge in [0.2, 0.25) is 11.8 Å². The first-order valence-electron chi connectivity index (χ1n) is 8.51. The van der Waals surface area contributed by atoms with E-state index in [0.29, 0.717) is 17.2 Å². The number of aromatic nitrogens is 1. The second-order valence-corrected chi connectivity index (χ2v) is 7.99. The number of hydrogen-bond donors (Lipinski definition) is 2. The van der Waals surface area contributed by atoms with Crippen molar-refractivity contribution in [3.8, 4) is 16.3 Å². The lowest BCUT2D eigenvalue weighted by Crippen LogP contribution is -2.17. The Bertz CT molecular complexity index is 987. The van der Waals surface area contributed by atoms with Gasteiger partial charge in [0.15, 0.2) is 5.13 Å². The molecule has 0 unspecified atom stereocenters. The summed E-state index contributed by atoms with van der Waals surface area (Å²) in [6.45, 7) is -0.947. The molecule has 6 nitrogen and oxygen atoms in total. The third-order valence-corrected chi connectivity index (χ3v) is 5.55. The van der Waals surface area contributed by atoms with E-state index in [0.717, 1.165) is 15.4 Å². The summed E-state index contributed by atoms with van der Waals surface area (Å²) >= 11 is 2.83. The minimum atomic E-state index is -2.88. The van der Waals surface area contributed by atoms with Crippen molar-refractivity contribution in [3.63, 3.8) is 0 Å². The predicted molar refractivity (Wildman–Crippen MR) is 108 cm³/mol. The number of alkyl halides is 2. The van der Waals surface area contributed by atoms with E-state index in [1.54, 1.807) is 12.1 Å². The molecule has 0 bridgehead atoms. The highest BCUT2D eigenvalue weighted by Gasteiger charge is 2.11. The molecular weight excluding hydrogens is 420 g/mol. The van der Waals surface area contributed by atoms with Crippen molar-refractivity contribution in [1.29, 1.82) is 0 Å². The molecule has 0 saturated carbocycles. The molecule has 0 saturated heterocycles. The van der Waals surface area contributed by atoms with Gasteiger partial charge in [-0.1, -0.05) is 12.1 Å². The highest BCUT2D eigenvalue weighted by molar-refractivity contribution is 7.17. The molecule has 10 heteroatoms. The van der Waals surface area contributed by atoms with Gasteiger partial charge < -0.3 is 15.4 Å². The van der Waals surface area contributed by atoms with Crippen molar-refractivity contribution in [2.24, 2.45) is 0 Å². The number of thiophene rings is 1. The van der Waals surface area contributed by atoms with Crippen LogP contribution >= 0.6 is 22.7 Å². The highest BCUT2D eigenvalue weighted by atomic mass is 32.1. The molecule has 0 atom stereocenters. The Morgan fingerprint density at radius 3 is 2.62 bits per heavy atom. The molecule has 0 aliphatic carbocycles. The molecular formula is C19H17F2N3O3S2. The summed E-state index contributed by atoms with van der Waals surface area (Å²) in [6, 6.07) is 9.76. The van der Waals surface area contributed by atoms with Crippen LogP contribution in [0.25, 0.3) is 10.6 Å². The fraction of sp³-hybridized carbons (Fsp3) is 0.211. The second kappa shape index (κ2) is 9.57. The van der Waals surface area contributed by atoms with E-state index in [1.807, 2.05) is 17.5 Å². The van der Waals surface area contributed by atoms with Gasteiger partial charge >= 0.3 is 6.61 Å². The molecule has 0 fully saturated rings. The van der Waals surface area contributed by atoms with E-state index in [-0.39, 0.29) is 24.0 Å². The van der Waals surface area contributed by atoms with Gasteiger partial charge in [0, 0.05) is 17.2 Å². The Kier molecular flexibility index (Phi) is 6.89. The number of halogens is 2. The molecule has 29 heavy (non-hydrogen) atoms. The minimum Gasteiger partial charge on any atom is -0.435 e. The number of amides is 2. The number of ether oxygens (including phenoxy) is 1. The summed E-state index contributed by atoms with van der Waals surface area (Å²) in [4.78, 5) is 29.6. The SMILES string of the molecule is CC(=O)NCc1ccc(-c2csc(NC(=O)Cc3ccc(OC(F)F)cc3)n2)s1. The largest absolute Gasteiger partial charge is 0.435 e. The molecule has 152 valence electrons. The van der Waals surface area contributed by atoms with Gasteiger partial charge in [0.1, 0.15) is 5.75 Å². The number of carbonyl (C=O) groups excluding carboxylic acids is 2. The van der Waals surface area contributed by atoms with Gasteiger partial charge in [-0.2, -0.15) is 8.78 Å². The Hall–Kier alpha value is -2.85. The molecule has 3 rings (SSSR count). The number of carbonyl (C=O) groups is 2. The summed E-state index contributed by atoms with van der Waals surface area (Å²) in [6.07, 6.45) is 0.0870. The smallest absolute Gasteiger partial charge is 0.387 e. The maximum Gasteiger partial charge on any atom is 0.387 e. The maximum atomic E-state index is 12.2. The molecule has 2 amide bonds. The molecule has 0 radical (unpaired) electrons. The first-order chi connectivity index (χ1) is 13.9. The topological polar surface area (TPSA) is 80.3 Å². The van der Waals surface area contributed by atoms with E-state index in [2.05, 4.69) is 20.4 Å². The van der Waals surface area contributed by atoms with Crippen LogP contribution < -0.4 is 15.4 Å². The average molecular weight is 437 g/mol. The number of hydrogen-bond acceptors (Lipinski definition) is 6. The first kappa shape index (κ1) is 20.9. The van der Waals surface area contributed by atoms with Crippen LogP contribution in [0.15, 0.2) is 41.8 Å². The Balaban J connectivity index is 1.55. The summed E-state index contributed by atoms with van der Waals surface area (Å²) in [5.41, 5.74) is 1.42. The minimum absolute atomic E-state index is 0.0440. The highest BCUT2D eigenvalue weighted by Crippen LogP contribution is 2.30. The zero-order valence-corrected chi connectivity index (χ0v) is 16.9. The number of anilines is 1. The standard InChI is InChI=1S/C19H17F2N3O3S2/c1-11(25)22-9-14-6-7-16(29-14)15-10-28-19(23-15)24-17(26)8-12-2-4-13(5-3-12)27-18(20)21/h2-7,10,18H,8-9H2,1H3,(H,22,25)(H,23,24,26). The quantitative estimate of drug-likeness (QED) is 0.551. The first-order valence-corrected chi connectivity index (χ1v) is 10.2. The van der Waals surface area contributed by atoms with E-state index < -0.39 is 6.61 Å². The number of rotatable bonds is 8. The van der Waals surface area contributed by atoms with Gasteiger partial charge in [-0.25, -0.2) is 4.98 Å². The average Bonchev–Trinajstić information content (AvgIpc) is 3.30. The lowest BCUT2D eigenvalue weighted by Gasteiger charge is -2.05. The zero-order chi connectivity index (χ0) is 20.8. The van der Waals surface area contributed by atoms with Crippen LogP contribution in [0.5, 0.6) is 5.75 Å². The second-order valence-electron chi connectivity index (χ2n) is 5.96. The van der Waals surface area contributed by atoms with Crippen molar-refractivity contribution < 1.29 is 23.1 Å². The number of nitrogens with zero attached hydrogens (tertiary/aromatic N) is 1. The fourth-order valence-electron chi connectivity index (χ4n) is 2.40. The summed E-state index contributed by atoms with van der Waals surface area (Å²) < 4.78 is 28.6. The molecule has 2 heterocycles. The summed E-state index contributed by atoms with van der Waals surface area (Å²) in [5, 5.41) is 7.80. The van der Waals surface area contributed by atoms with Crippen LogP contribution in [-0.2, 0) is 22.6 Å². The predicted octanol–water partition coefficient (Wildman–Crippen LogP) is 4.29. The van der Waals surface area contributed by atoms with E-state index in [1.165, 1.54) is 41.7 Å². The van der Waals surface area contributed by atoms with E-state index in [9.17, 15) is 18.4 Å². The number of nitrogens with one attached hydrogen (secondary N) is 2. The summed E-state index contributed by atoms with van der Waals surface area (Å²) in [7, 11) is 0. The Labute approximate surface area is 173 Å². The van der Waals surface area contributed by atoms with Crippen LogP contribution in [0, 0.1) is 0 Å². The molecule has 3 aromatic rings. The molecule has 2 N–H and O–H groups in total. The monoisotopic (exact) mass is 437 g/mol. The van der Waals surface area contributed by atoms with Gasteiger partial charge in [-0.15, -0.1) is 22.7 Å². The van der Waals surface area contributed by atoms with Crippen molar-refractivity contribution in [2.45, 2.75) is 26.5 Å². The molecule has 1 aromatic carbocycles. The molecule has 2 aromatic heterocycles. The Morgan fingerprint density at radius 2 is 1.93 bits per heavy atom. The van der Waals surface area contributed by atoms with Crippen molar-refractivity contribution in [2.75, 3.05) is 5.32 Å². The maximum absolute atomic E-state index is 12.2. The van der Waals surface area contributed by atoms with Gasteiger partial charge in [0.25, 0.3) is 0 Å². The molecule has 0 spiro atoms. The Morgan fingerprint density at radius 1 is 1.17 bits per heavy atom. The van der Waals surface area contributed by atoms with Crippen molar-refractivity contribution >= 4 is 39.6 Å². The van der Waals surface area contributed by atoms with Crippen molar-refractivity contribution in [1.82, 2.24) is 10.3 Å². The van der Waals surface area contributed by atoms with E-state index in [4.69, 9.17) is 0 Å². The van der Waals surface area contributed by atoms with E-state index >= 15 is 0 Å². The molecule has 0 aliphatic heterocycles. The van der Waals surface area contributed by atoms with Gasteiger partial charge in [-0.05, 0) is 29.8 Å². The summed E-state index contributed by atoms with van der Waals surface area (Å²) in [5.74, 6) is -0.303. The lowest BCUT2D eigenvalue weighted by atomic mass is 10.1. The number of benzene rings is 1. The van der Waals surface area contributed by atoms with Gasteiger partial charge in [0.05, 0.1) is 23.5 Å². The molecule has 0 aliphatic rings. The van der Waals surface area contributed by atoms with Gasteiger partial charge in [-0.3, -0.25) is 9.59 Å². The number of thiazole rings is 1. The van der Waals surface area contributed by atoms with Crippen LogP contribution in [0.3, 0.4) is 0 Å². The third-order valence-electron chi connectivity index (χ3n) is 3.69. The fourth-order valence-corrected chi connectivity index (χ4v) is 4.11. The van der Waals surface area contributed by atoms with Crippen LogP contribution in [0.2, 0.25) is 0 Å². The van der Waals surface area contributed by atoms with Crippen molar-refractivity contribution in [3.05, 3.63) is 52.2 Å². The lowest BCUT2D eigenvalue weighted by molar-refractivity contribution is -0.119.